The predicted molar refractivity (Wildman–Crippen MR) is 260 cm³/mol. The Balaban J connectivity index is 1.01. The summed E-state index contributed by atoms with van der Waals surface area (Å²) in [7, 11) is 0. The van der Waals surface area contributed by atoms with Crippen LogP contribution in [0.4, 0.5) is 0 Å². The maximum absolute atomic E-state index is 5.60. The summed E-state index contributed by atoms with van der Waals surface area (Å²) in [5, 5.41) is 6.31. The van der Waals surface area contributed by atoms with Gasteiger partial charge >= 0.3 is 0 Å². The van der Waals surface area contributed by atoms with Gasteiger partial charge in [-0.1, -0.05) is 164 Å². The smallest absolute Gasteiger partial charge is 0.139 e. The van der Waals surface area contributed by atoms with Crippen molar-refractivity contribution in [1.29, 1.82) is 0 Å². The van der Waals surface area contributed by atoms with Crippen molar-refractivity contribution in [2.45, 2.75) is 18.8 Å². The van der Waals surface area contributed by atoms with Crippen molar-refractivity contribution in [3.05, 3.63) is 206 Å². The molecule has 0 fully saturated rings. The Morgan fingerprint density at radius 3 is 1.85 bits per heavy atom. The van der Waals surface area contributed by atoms with E-state index in [0.717, 1.165) is 57.1 Å². The van der Waals surface area contributed by atoms with Gasteiger partial charge in [-0.25, -0.2) is 15.0 Å². The molecule has 0 spiro atoms. The summed E-state index contributed by atoms with van der Waals surface area (Å²) in [6, 6.07) is 63.0. The lowest BCUT2D eigenvalue weighted by molar-refractivity contribution is 0.559. The van der Waals surface area contributed by atoms with Crippen LogP contribution in [0.15, 0.2) is 194 Å². The van der Waals surface area contributed by atoms with E-state index in [1.54, 1.807) is 0 Å². The number of aromatic nitrogens is 3. The average molecular weight is 816 g/mol. The van der Waals surface area contributed by atoms with Crippen LogP contribution in [0, 0.1) is 0 Å². The van der Waals surface area contributed by atoms with E-state index in [9.17, 15) is 0 Å². The van der Waals surface area contributed by atoms with Gasteiger partial charge in [-0.3, -0.25) is 0 Å². The number of allylic oxidation sites excluding steroid dienone is 4. The number of pyridine rings is 1. The van der Waals surface area contributed by atoms with Crippen LogP contribution >= 0.6 is 22.7 Å². The largest absolute Gasteiger partial charge is 0.246 e. The molecule has 61 heavy (non-hydrogen) atoms. The highest BCUT2D eigenvalue weighted by Gasteiger charge is 2.31. The van der Waals surface area contributed by atoms with Crippen molar-refractivity contribution < 1.29 is 0 Å². The molecule has 11 aromatic rings. The highest BCUT2D eigenvalue weighted by molar-refractivity contribution is 7.26. The molecule has 12 rings (SSSR count). The number of benzene rings is 7. The van der Waals surface area contributed by atoms with E-state index in [0.29, 0.717) is 0 Å². The molecule has 1 atom stereocenters. The molecule has 0 aliphatic heterocycles. The van der Waals surface area contributed by atoms with Gasteiger partial charge in [0.1, 0.15) is 5.82 Å². The van der Waals surface area contributed by atoms with Gasteiger partial charge in [0.05, 0.1) is 27.3 Å². The van der Waals surface area contributed by atoms with E-state index in [1.165, 1.54) is 62.4 Å². The van der Waals surface area contributed by atoms with Gasteiger partial charge in [0.25, 0.3) is 0 Å². The van der Waals surface area contributed by atoms with Gasteiger partial charge in [-0.15, -0.1) is 22.7 Å². The van der Waals surface area contributed by atoms with Crippen molar-refractivity contribution in [3.8, 4) is 44.8 Å². The Hall–Kier alpha value is -7.05. The Morgan fingerprint density at radius 1 is 0.475 bits per heavy atom. The van der Waals surface area contributed by atoms with E-state index in [-0.39, 0.29) is 0 Å². The average Bonchev–Trinajstić information content (AvgIpc) is 3.91. The first-order valence-electron chi connectivity index (χ1n) is 20.7. The van der Waals surface area contributed by atoms with Crippen molar-refractivity contribution in [1.82, 2.24) is 15.0 Å². The molecular formula is C56H37N3S2. The standard InChI is InChI=1S/C56H37N3S2/c1-56(55-58-46(35-15-4-2-5-16-35)33-47(59-55)36-17-6-3-7-18-36)30-14-21-40(34-56)52-54-51(45-23-9-11-27-50(45)61-54)44-29-28-38(32-48(44)57-52)37-19-12-20-39(31-37)41-24-13-25-43-42-22-8-10-26-49(42)60-53(41)43/h2-29,31-34H,30H2,1H3. The minimum atomic E-state index is -0.475. The lowest BCUT2D eigenvalue weighted by atomic mass is 9.79. The molecule has 0 N–H and O–H groups in total. The third kappa shape index (κ3) is 6.11. The van der Waals surface area contributed by atoms with E-state index >= 15 is 0 Å². The zero-order chi connectivity index (χ0) is 40.5. The second-order valence-corrected chi connectivity index (χ2v) is 18.3. The molecule has 0 saturated heterocycles. The molecule has 0 radical (unpaired) electrons. The maximum atomic E-state index is 5.60. The predicted octanol–water partition coefficient (Wildman–Crippen LogP) is 15.7. The number of rotatable bonds is 6. The molecule has 0 bridgehead atoms. The number of thiophene rings is 2. The van der Waals surface area contributed by atoms with Crippen molar-refractivity contribution in [2.75, 3.05) is 0 Å². The molecule has 0 amide bonds. The monoisotopic (exact) mass is 815 g/mol. The second kappa shape index (κ2) is 14.3. The molecule has 4 aromatic heterocycles. The minimum absolute atomic E-state index is 0.475. The zero-order valence-corrected chi connectivity index (χ0v) is 35.0. The number of nitrogens with zero attached hydrogens (tertiary/aromatic N) is 3. The SMILES string of the molecule is CC1(c2nc(-c3ccccc3)cc(-c3ccccc3)n2)C=C(c2nc3cc(-c4cccc(-c5cccc6c5sc5ccccc56)c4)ccc3c3c2sc2ccccc23)C=CC1. The first-order valence-corrected chi connectivity index (χ1v) is 22.4. The third-order valence-electron chi connectivity index (χ3n) is 12.2. The highest BCUT2D eigenvalue weighted by atomic mass is 32.1. The topological polar surface area (TPSA) is 38.7 Å². The summed E-state index contributed by atoms with van der Waals surface area (Å²) < 4.78 is 5.10. The molecular weight excluding hydrogens is 779 g/mol. The van der Waals surface area contributed by atoms with Crippen LogP contribution in [0.25, 0.3) is 102 Å². The van der Waals surface area contributed by atoms with Gasteiger partial charge in [0, 0.05) is 57.6 Å². The third-order valence-corrected chi connectivity index (χ3v) is 14.6. The van der Waals surface area contributed by atoms with Crippen molar-refractivity contribution >= 4 is 79.5 Å². The molecule has 1 aliphatic carbocycles. The van der Waals surface area contributed by atoms with E-state index in [2.05, 4.69) is 189 Å². The Kier molecular flexibility index (Phi) is 8.41. The Labute approximate surface area is 361 Å². The van der Waals surface area contributed by atoms with Crippen molar-refractivity contribution in [3.63, 3.8) is 0 Å². The Bertz CT molecular complexity index is 3520. The van der Waals surface area contributed by atoms with Gasteiger partial charge in [0.2, 0.25) is 0 Å². The van der Waals surface area contributed by atoms with Gasteiger partial charge in [-0.2, -0.15) is 0 Å². The molecule has 7 aromatic carbocycles. The minimum Gasteiger partial charge on any atom is -0.246 e. The van der Waals surface area contributed by atoms with Gasteiger partial charge in [-0.05, 0) is 71.5 Å². The summed E-state index contributed by atoms with van der Waals surface area (Å²) in [6.07, 6.45) is 7.68. The first-order chi connectivity index (χ1) is 30.1. The van der Waals surface area contributed by atoms with Crippen LogP contribution in [0.5, 0.6) is 0 Å². The molecule has 0 saturated carbocycles. The number of hydrogen-bond donors (Lipinski definition) is 0. The fourth-order valence-corrected chi connectivity index (χ4v) is 11.6. The fourth-order valence-electron chi connectivity index (χ4n) is 9.10. The number of fused-ring (bicyclic) bond motifs is 8. The normalized spacial score (nSPS) is 15.3. The summed E-state index contributed by atoms with van der Waals surface area (Å²) >= 11 is 3.70. The van der Waals surface area contributed by atoms with Crippen LogP contribution in [0.2, 0.25) is 0 Å². The Morgan fingerprint density at radius 2 is 1.08 bits per heavy atom. The van der Waals surface area contributed by atoms with Gasteiger partial charge < -0.3 is 0 Å². The first kappa shape index (κ1) is 35.9. The van der Waals surface area contributed by atoms with Crippen LogP contribution < -0.4 is 0 Å². The molecule has 1 aliphatic rings. The summed E-state index contributed by atoms with van der Waals surface area (Å²) in [6.45, 7) is 2.27. The van der Waals surface area contributed by atoms with Gasteiger partial charge in [0.15, 0.2) is 0 Å². The van der Waals surface area contributed by atoms with Crippen LogP contribution in [-0.2, 0) is 5.41 Å². The van der Waals surface area contributed by atoms with Crippen LogP contribution in [0.3, 0.4) is 0 Å². The van der Waals surface area contributed by atoms with Crippen LogP contribution in [-0.4, -0.2) is 15.0 Å². The molecule has 288 valence electrons. The number of hydrogen-bond acceptors (Lipinski definition) is 5. The van der Waals surface area contributed by atoms with E-state index in [4.69, 9.17) is 15.0 Å². The maximum Gasteiger partial charge on any atom is 0.139 e. The van der Waals surface area contributed by atoms with Crippen molar-refractivity contribution in [2.24, 2.45) is 0 Å². The highest BCUT2D eigenvalue weighted by Crippen LogP contribution is 2.46. The zero-order valence-electron chi connectivity index (χ0n) is 33.3. The summed E-state index contributed by atoms with van der Waals surface area (Å²) in [4.78, 5) is 16.2. The fraction of sp³-hybridized carbons (Fsp3) is 0.0536. The van der Waals surface area contributed by atoms with Crippen LogP contribution in [0.1, 0.15) is 24.9 Å². The lowest BCUT2D eigenvalue weighted by Gasteiger charge is -2.28. The second-order valence-electron chi connectivity index (χ2n) is 16.2. The lowest BCUT2D eigenvalue weighted by Crippen LogP contribution is -2.24. The molecule has 1 unspecified atom stereocenters. The van der Waals surface area contributed by atoms with E-state index in [1.807, 2.05) is 34.8 Å². The summed E-state index contributed by atoms with van der Waals surface area (Å²) in [5.74, 6) is 0.802. The summed E-state index contributed by atoms with van der Waals surface area (Å²) in [5.41, 5.74) is 11.4. The molecule has 4 heterocycles. The molecule has 5 heteroatoms. The van der Waals surface area contributed by atoms with E-state index < -0.39 is 5.41 Å². The quantitative estimate of drug-likeness (QED) is 0.168. The molecule has 3 nitrogen and oxygen atoms in total.